The molecule has 284 valence electrons. The summed E-state index contributed by atoms with van der Waals surface area (Å²) in [6.45, 7) is 0. The molecule has 0 saturated carbocycles. The molecule has 6 aliphatic carbocycles. The van der Waals surface area contributed by atoms with E-state index >= 15 is 0 Å². The normalized spacial score (nSPS) is 28.2. The highest BCUT2D eigenvalue weighted by molar-refractivity contribution is 7.64. The SMILES string of the molecule is C1=CCC2=[P+](OC3=CCCC=C3)c3c(ccc4c3C3C=CC(c5cccc6sc7ccccc7c56)=CC3C43c4ccccc4N4C5=C(CCC=C5)C5=CCCC3C54)C2=C1. The van der Waals surface area contributed by atoms with Crippen LogP contribution < -0.4 is 10.2 Å². The Balaban J connectivity index is 1.06. The molecule has 1 spiro atoms. The molecule has 0 radical (unpaired) electrons. The van der Waals surface area contributed by atoms with Crippen molar-refractivity contribution in [3.05, 3.63) is 202 Å². The molecular weight excluding hydrogens is 754 g/mol. The fourth-order valence-corrected chi connectivity index (χ4v) is 16.6. The molecule has 14 rings (SSSR count). The van der Waals surface area contributed by atoms with Crippen LogP contribution in [0.5, 0.6) is 0 Å². The number of benzene rings is 4. The van der Waals surface area contributed by atoms with Crippen LogP contribution in [0.15, 0.2) is 174 Å². The predicted molar refractivity (Wildman–Crippen MR) is 250 cm³/mol. The van der Waals surface area contributed by atoms with E-state index in [1.165, 1.54) is 76.4 Å². The lowest BCUT2D eigenvalue weighted by Gasteiger charge is -2.55. The molecular formula is C55H43NOPS+. The van der Waals surface area contributed by atoms with Crippen molar-refractivity contribution in [2.45, 2.75) is 62.3 Å². The molecule has 3 aliphatic heterocycles. The number of nitrogens with zero attached hydrogens (tertiary/aromatic N) is 1. The van der Waals surface area contributed by atoms with Crippen LogP contribution in [0.25, 0.3) is 31.3 Å². The van der Waals surface area contributed by atoms with Gasteiger partial charge in [0.15, 0.2) is 11.1 Å². The van der Waals surface area contributed by atoms with Crippen molar-refractivity contribution in [1.29, 1.82) is 0 Å². The van der Waals surface area contributed by atoms with Crippen molar-refractivity contribution in [3.8, 4) is 0 Å². The number of anilines is 1. The second kappa shape index (κ2) is 12.3. The molecule has 9 aliphatic rings. The minimum atomic E-state index is -1.02. The van der Waals surface area contributed by atoms with Crippen molar-refractivity contribution < 1.29 is 4.52 Å². The molecule has 5 aromatic rings. The molecule has 4 aromatic carbocycles. The zero-order valence-electron chi connectivity index (χ0n) is 32.9. The molecule has 59 heavy (non-hydrogen) atoms. The van der Waals surface area contributed by atoms with Crippen LogP contribution in [0.3, 0.4) is 0 Å². The zero-order chi connectivity index (χ0) is 38.4. The Hall–Kier alpha value is -5.47. The van der Waals surface area contributed by atoms with E-state index in [1.807, 2.05) is 11.3 Å². The van der Waals surface area contributed by atoms with Gasteiger partial charge in [-0.2, -0.15) is 0 Å². The van der Waals surface area contributed by atoms with E-state index in [0.717, 1.165) is 44.3 Å². The first-order valence-electron chi connectivity index (χ1n) is 21.8. The number of fused-ring (bicyclic) bond motifs is 18. The van der Waals surface area contributed by atoms with Gasteiger partial charge in [0.1, 0.15) is 0 Å². The molecule has 0 amide bonds. The van der Waals surface area contributed by atoms with Crippen molar-refractivity contribution in [2.75, 3.05) is 4.90 Å². The molecule has 6 unspecified atom stereocenters. The Morgan fingerprint density at radius 3 is 2.66 bits per heavy atom. The Morgan fingerprint density at radius 1 is 0.780 bits per heavy atom. The first kappa shape index (κ1) is 33.4. The molecule has 1 aromatic heterocycles. The Bertz CT molecular complexity index is 3100. The van der Waals surface area contributed by atoms with Gasteiger partial charge < -0.3 is 4.90 Å². The fraction of sp³-hybridized carbons (Fsp3) is 0.218. The van der Waals surface area contributed by atoms with Crippen LogP contribution in [0.4, 0.5) is 5.69 Å². The first-order chi connectivity index (χ1) is 29.3. The Kier molecular flexibility index (Phi) is 6.95. The van der Waals surface area contributed by atoms with E-state index < -0.39 is 7.77 Å². The largest absolute Gasteiger partial charge is 0.350 e. The van der Waals surface area contributed by atoms with Crippen molar-refractivity contribution in [2.24, 2.45) is 11.8 Å². The van der Waals surface area contributed by atoms with E-state index in [0.29, 0.717) is 12.0 Å². The molecule has 0 N–H and O–H groups in total. The number of allylic oxidation sites excluding steroid dienone is 14. The summed E-state index contributed by atoms with van der Waals surface area (Å²) in [5.41, 5.74) is 16.0. The monoisotopic (exact) mass is 796 g/mol. The maximum absolute atomic E-state index is 7.34. The third-order valence-corrected chi connectivity index (χ3v) is 18.5. The number of hydrogen-bond acceptors (Lipinski definition) is 3. The van der Waals surface area contributed by atoms with Crippen molar-refractivity contribution in [1.82, 2.24) is 0 Å². The molecule has 0 fully saturated rings. The number of hydrogen-bond donors (Lipinski definition) is 0. The van der Waals surface area contributed by atoms with E-state index in [4.69, 9.17) is 4.52 Å². The zero-order valence-corrected chi connectivity index (χ0v) is 34.6. The topological polar surface area (TPSA) is 12.5 Å². The van der Waals surface area contributed by atoms with Gasteiger partial charge in [-0.05, 0) is 120 Å². The molecule has 4 heteroatoms. The maximum Gasteiger partial charge on any atom is 0.350 e. The van der Waals surface area contributed by atoms with Crippen LogP contribution in [-0.2, 0) is 9.94 Å². The van der Waals surface area contributed by atoms with Crippen molar-refractivity contribution >= 4 is 66.7 Å². The minimum Gasteiger partial charge on any atom is -0.333 e. The molecule has 4 heterocycles. The highest BCUT2D eigenvalue weighted by Crippen LogP contribution is 2.69. The van der Waals surface area contributed by atoms with E-state index in [1.54, 1.807) is 22.3 Å². The summed E-state index contributed by atoms with van der Waals surface area (Å²) in [6.07, 6.45) is 36.9. The molecule has 0 saturated heterocycles. The number of thiophene rings is 1. The second-order valence-electron chi connectivity index (χ2n) is 17.7. The maximum atomic E-state index is 7.34. The lowest BCUT2D eigenvalue weighted by molar-refractivity contribution is 0.205. The van der Waals surface area contributed by atoms with Gasteiger partial charge in [0.05, 0.1) is 6.04 Å². The summed E-state index contributed by atoms with van der Waals surface area (Å²) >= 11 is 1.92. The summed E-state index contributed by atoms with van der Waals surface area (Å²) in [4.78, 5) is 2.79. The summed E-state index contributed by atoms with van der Waals surface area (Å²) in [5.74, 6) is 1.94. The highest BCUT2D eigenvalue weighted by Gasteiger charge is 2.66. The lowest BCUT2D eigenvalue weighted by Crippen LogP contribution is -2.56. The van der Waals surface area contributed by atoms with Gasteiger partial charge in [-0.25, -0.2) is 0 Å². The smallest absolute Gasteiger partial charge is 0.333 e. The van der Waals surface area contributed by atoms with Crippen LogP contribution in [-0.4, -0.2) is 11.3 Å². The van der Waals surface area contributed by atoms with Crippen LogP contribution in [0.2, 0.25) is 0 Å². The second-order valence-corrected chi connectivity index (χ2v) is 20.6. The lowest BCUT2D eigenvalue weighted by atomic mass is 9.53. The molecule has 0 bridgehead atoms. The Morgan fingerprint density at radius 2 is 1.69 bits per heavy atom. The number of para-hydroxylation sites is 1. The van der Waals surface area contributed by atoms with Gasteiger partial charge in [-0.1, -0.05) is 109 Å². The highest BCUT2D eigenvalue weighted by atomic mass is 32.1. The van der Waals surface area contributed by atoms with Crippen molar-refractivity contribution in [3.63, 3.8) is 0 Å². The number of rotatable bonds is 3. The van der Waals surface area contributed by atoms with Gasteiger partial charge in [0, 0.05) is 71.9 Å². The van der Waals surface area contributed by atoms with Gasteiger partial charge >= 0.3 is 7.77 Å². The average Bonchev–Trinajstić information content (AvgIpc) is 4.02. The molecule has 6 atom stereocenters. The van der Waals surface area contributed by atoms with Crippen LogP contribution in [0, 0.1) is 11.8 Å². The van der Waals surface area contributed by atoms with Crippen LogP contribution >= 0.6 is 19.1 Å². The Labute approximate surface area is 350 Å². The first-order valence-corrected chi connectivity index (χ1v) is 23.9. The third kappa shape index (κ3) is 4.30. The van der Waals surface area contributed by atoms with E-state index in [-0.39, 0.29) is 17.3 Å². The average molecular weight is 797 g/mol. The predicted octanol–water partition coefficient (Wildman–Crippen LogP) is 13.7. The van der Waals surface area contributed by atoms with Gasteiger partial charge in [0.2, 0.25) is 5.30 Å². The minimum absolute atomic E-state index is 0.221. The van der Waals surface area contributed by atoms with E-state index in [9.17, 15) is 0 Å². The van der Waals surface area contributed by atoms with Gasteiger partial charge in [-0.3, -0.25) is 4.52 Å². The fourth-order valence-electron chi connectivity index (χ4n) is 13.1. The molecule has 2 nitrogen and oxygen atoms in total. The van der Waals surface area contributed by atoms with Gasteiger partial charge in [-0.15, -0.1) is 11.3 Å². The third-order valence-electron chi connectivity index (χ3n) is 15.1. The quantitative estimate of drug-likeness (QED) is 0.169. The van der Waals surface area contributed by atoms with Gasteiger partial charge in [0.25, 0.3) is 0 Å². The van der Waals surface area contributed by atoms with Crippen LogP contribution in [0.1, 0.15) is 78.7 Å². The summed E-state index contributed by atoms with van der Waals surface area (Å²) < 4.78 is 10.1. The summed E-state index contributed by atoms with van der Waals surface area (Å²) in [6, 6.07) is 31.1. The standard InChI is InChI=1S/C55H43NOPS/c1-2-14-34(15-3-1)57-58-48-25-10-5-17-37(48)39-30-31-43-52(54(39)58)40-29-28-33(35-19-13-27-50-51(35)41-18-6-11-26-49(41)59-50)32-45(40)55(43)42-21-7-9-24-47(42)56-46-23-8-4-16-36(46)38-20-12-22-44(55)53(38)56/h2,5-11,13-15,17-21,23-24,26-32,40,44-45,53H,1,3-4,12,16,22,25H2/q+1. The van der Waals surface area contributed by atoms with E-state index in [2.05, 4.69) is 157 Å². The summed E-state index contributed by atoms with van der Waals surface area (Å²) in [5, 5.41) is 5.73. The summed E-state index contributed by atoms with van der Waals surface area (Å²) in [7, 11) is -1.02.